The molecular formula is C20H18N2O6. The molecule has 1 fully saturated rings. The largest absolute Gasteiger partial charge is 0.491 e. The minimum atomic E-state index is -0.987. The number of imide groups is 2. The van der Waals surface area contributed by atoms with Gasteiger partial charge in [0, 0.05) is 6.42 Å². The summed E-state index contributed by atoms with van der Waals surface area (Å²) in [6.45, 7) is 4.28. The molecule has 0 aromatic heterocycles. The molecule has 0 bridgehead atoms. The molecule has 1 aromatic rings. The third-order valence-electron chi connectivity index (χ3n) is 4.29. The molecule has 0 radical (unpaired) electrons. The smallest absolute Gasteiger partial charge is 0.262 e. The maximum atomic E-state index is 12.7. The van der Waals surface area contributed by atoms with Crippen LogP contribution >= 0.6 is 0 Å². The van der Waals surface area contributed by atoms with Gasteiger partial charge in [-0.1, -0.05) is 18.4 Å². The lowest BCUT2D eigenvalue weighted by atomic mass is 10.0. The quantitative estimate of drug-likeness (QED) is 0.441. The number of carbonyl (C=O) groups is 4. The van der Waals surface area contributed by atoms with Crippen molar-refractivity contribution in [3.8, 4) is 17.6 Å². The molecule has 1 unspecified atom stereocenters. The SMILES string of the molecule is C=CC#CCOCCOc1ccc2c(c1)C(=O)N(C1CCC(=O)NC1=O)C2=O. The Hall–Kier alpha value is -3.44. The predicted molar refractivity (Wildman–Crippen MR) is 97.4 cm³/mol. The van der Waals surface area contributed by atoms with E-state index >= 15 is 0 Å². The molecule has 1 saturated heterocycles. The molecule has 2 aliphatic heterocycles. The van der Waals surface area contributed by atoms with Crippen LogP contribution in [0.2, 0.25) is 0 Å². The van der Waals surface area contributed by atoms with E-state index < -0.39 is 29.7 Å². The number of amides is 4. The van der Waals surface area contributed by atoms with E-state index in [9.17, 15) is 19.2 Å². The van der Waals surface area contributed by atoms with Crippen molar-refractivity contribution in [3.05, 3.63) is 42.0 Å². The normalized spacial score (nSPS) is 18.3. The van der Waals surface area contributed by atoms with Crippen molar-refractivity contribution >= 4 is 23.6 Å². The Kier molecular flexibility index (Phi) is 5.87. The topological polar surface area (TPSA) is 102 Å². The fourth-order valence-corrected chi connectivity index (χ4v) is 3.00. The number of ether oxygens (including phenoxy) is 2. The van der Waals surface area contributed by atoms with Gasteiger partial charge >= 0.3 is 0 Å². The Labute approximate surface area is 161 Å². The maximum Gasteiger partial charge on any atom is 0.262 e. The van der Waals surface area contributed by atoms with Crippen LogP contribution in [-0.4, -0.2) is 54.4 Å². The van der Waals surface area contributed by atoms with Crippen LogP contribution in [0.1, 0.15) is 33.6 Å². The Bertz CT molecular complexity index is 911. The van der Waals surface area contributed by atoms with Gasteiger partial charge < -0.3 is 9.47 Å². The Balaban J connectivity index is 1.64. The second-order valence-electron chi connectivity index (χ2n) is 6.08. The van der Waals surface area contributed by atoms with Gasteiger partial charge in [-0.15, -0.1) is 0 Å². The van der Waals surface area contributed by atoms with Crippen LogP contribution in [0, 0.1) is 11.8 Å². The summed E-state index contributed by atoms with van der Waals surface area (Å²) in [5.74, 6) is 3.62. The summed E-state index contributed by atoms with van der Waals surface area (Å²) in [6.07, 6.45) is 1.67. The molecule has 3 rings (SSSR count). The van der Waals surface area contributed by atoms with E-state index in [2.05, 4.69) is 23.7 Å². The summed E-state index contributed by atoms with van der Waals surface area (Å²) >= 11 is 0. The number of hydrogen-bond acceptors (Lipinski definition) is 6. The van der Waals surface area contributed by atoms with Crippen molar-refractivity contribution < 1.29 is 28.7 Å². The molecule has 4 amide bonds. The number of fused-ring (bicyclic) bond motifs is 1. The van der Waals surface area contributed by atoms with Crippen molar-refractivity contribution in [1.29, 1.82) is 0 Å². The molecule has 0 aliphatic carbocycles. The van der Waals surface area contributed by atoms with Gasteiger partial charge in [0.1, 0.15) is 25.0 Å². The number of hydrogen-bond donors (Lipinski definition) is 1. The third-order valence-corrected chi connectivity index (χ3v) is 4.29. The lowest BCUT2D eigenvalue weighted by Crippen LogP contribution is -2.54. The van der Waals surface area contributed by atoms with Gasteiger partial charge in [-0.2, -0.15) is 0 Å². The van der Waals surface area contributed by atoms with E-state index in [4.69, 9.17) is 9.47 Å². The van der Waals surface area contributed by atoms with Crippen LogP contribution < -0.4 is 10.1 Å². The van der Waals surface area contributed by atoms with Crippen LogP contribution in [-0.2, 0) is 14.3 Å². The number of nitrogens with one attached hydrogen (secondary N) is 1. The molecule has 28 heavy (non-hydrogen) atoms. The number of piperidine rings is 1. The highest BCUT2D eigenvalue weighted by molar-refractivity contribution is 6.23. The van der Waals surface area contributed by atoms with E-state index in [1.165, 1.54) is 18.2 Å². The van der Waals surface area contributed by atoms with E-state index in [-0.39, 0.29) is 37.2 Å². The highest BCUT2D eigenvalue weighted by atomic mass is 16.5. The Morgan fingerprint density at radius 2 is 1.96 bits per heavy atom. The zero-order valence-corrected chi connectivity index (χ0v) is 15.0. The molecule has 1 aromatic carbocycles. The maximum absolute atomic E-state index is 12.7. The molecule has 2 aliphatic rings. The molecular weight excluding hydrogens is 364 g/mol. The zero-order chi connectivity index (χ0) is 20.1. The minimum Gasteiger partial charge on any atom is -0.491 e. The first-order valence-corrected chi connectivity index (χ1v) is 8.68. The van der Waals surface area contributed by atoms with Gasteiger partial charge in [-0.3, -0.25) is 29.4 Å². The van der Waals surface area contributed by atoms with Gasteiger partial charge in [0.25, 0.3) is 11.8 Å². The van der Waals surface area contributed by atoms with Crippen molar-refractivity contribution in [2.75, 3.05) is 19.8 Å². The summed E-state index contributed by atoms with van der Waals surface area (Å²) in [7, 11) is 0. The second-order valence-corrected chi connectivity index (χ2v) is 6.08. The average Bonchev–Trinajstić information content (AvgIpc) is 2.92. The first-order chi connectivity index (χ1) is 13.5. The fraction of sp³-hybridized carbons (Fsp3) is 0.300. The number of allylic oxidation sites excluding steroid dienone is 1. The summed E-state index contributed by atoms with van der Waals surface area (Å²) in [6, 6.07) is 3.56. The van der Waals surface area contributed by atoms with E-state index in [0.29, 0.717) is 12.4 Å². The highest BCUT2D eigenvalue weighted by Gasteiger charge is 2.44. The molecule has 0 spiro atoms. The van der Waals surface area contributed by atoms with Crippen LogP contribution in [0.4, 0.5) is 0 Å². The molecule has 8 heteroatoms. The summed E-state index contributed by atoms with van der Waals surface area (Å²) < 4.78 is 10.8. The van der Waals surface area contributed by atoms with Crippen molar-refractivity contribution in [1.82, 2.24) is 10.2 Å². The first-order valence-electron chi connectivity index (χ1n) is 8.68. The van der Waals surface area contributed by atoms with Crippen molar-refractivity contribution in [3.63, 3.8) is 0 Å². The van der Waals surface area contributed by atoms with E-state index in [1.807, 2.05) is 0 Å². The number of carbonyl (C=O) groups excluding carboxylic acids is 4. The number of nitrogens with zero attached hydrogens (tertiary/aromatic N) is 1. The van der Waals surface area contributed by atoms with Gasteiger partial charge in [0.05, 0.1) is 17.7 Å². The monoisotopic (exact) mass is 382 g/mol. The standard InChI is InChI=1S/C20H18N2O6/c1-2-3-4-9-27-10-11-28-13-5-6-14-15(12-13)20(26)22(19(14)25)16-7-8-17(23)21-18(16)24/h2,5-6,12,16H,1,7-11H2,(H,21,23,24). The second kappa shape index (κ2) is 8.50. The molecule has 0 saturated carbocycles. The highest BCUT2D eigenvalue weighted by Crippen LogP contribution is 2.30. The predicted octanol–water partition coefficient (Wildman–Crippen LogP) is 0.673. The van der Waals surface area contributed by atoms with Gasteiger partial charge in [0.15, 0.2) is 0 Å². The molecule has 8 nitrogen and oxygen atoms in total. The fourth-order valence-electron chi connectivity index (χ4n) is 3.00. The van der Waals surface area contributed by atoms with Crippen LogP contribution in [0.5, 0.6) is 5.75 Å². The van der Waals surface area contributed by atoms with Crippen LogP contribution in [0.15, 0.2) is 30.9 Å². The van der Waals surface area contributed by atoms with Gasteiger partial charge in [-0.25, -0.2) is 0 Å². The van der Waals surface area contributed by atoms with E-state index in [1.54, 1.807) is 6.07 Å². The van der Waals surface area contributed by atoms with Gasteiger partial charge in [-0.05, 0) is 30.7 Å². The molecule has 1 atom stereocenters. The zero-order valence-electron chi connectivity index (χ0n) is 15.0. The minimum absolute atomic E-state index is 0.0787. The number of benzene rings is 1. The lowest BCUT2D eigenvalue weighted by molar-refractivity contribution is -0.136. The van der Waals surface area contributed by atoms with Crippen molar-refractivity contribution in [2.45, 2.75) is 18.9 Å². The van der Waals surface area contributed by atoms with Crippen LogP contribution in [0.25, 0.3) is 0 Å². The van der Waals surface area contributed by atoms with Crippen molar-refractivity contribution in [2.24, 2.45) is 0 Å². The summed E-state index contributed by atoms with van der Waals surface area (Å²) in [5.41, 5.74) is 0.378. The third kappa shape index (κ3) is 3.94. The lowest BCUT2D eigenvalue weighted by Gasteiger charge is -2.27. The average molecular weight is 382 g/mol. The number of rotatable bonds is 6. The first kappa shape index (κ1) is 19.3. The Morgan fingerprint density at radius 3 is 2.71 bits per heavy atom. The van der Waals surface area contributed by atoms with E-state index in [0.717, 1.165) is 4.90 Å². The molecule has 1 N–H and O–H groups in total. The summed E-state index contributed by atoms with van der Waals surface area (Å²) in [4.78, 5) is 49.5. The van der Waals surface area contributed by atoms with Crippen LogP contribution in [0.3, 0.4) is 0 Å². The molecule has 144 valence electrons. The molecule has 2 heterocycles. The summed E-state index contributed by atoms with van der Waals surface area (Å²) in [5, 5.41) is 2.16. The van der Waals surface area contributed by atoms with Gasteiger partial charge in [0.2, 0.25) is 11.8 Å². The Morgan fingerprint density at radius 1 is 1.18 bits per heavy atom.